The Morgan fingerprint density at radius 3 is 2.56 bits per heavy atom. The number of piperazine rings is 1. The number of carbonyl (C=O) groups is 4. The number of hydrogen-bond donors (Lipinski definition) is 3. The lowest BCUT2D eigenvalue weighted by molar-refractivity contribution is -0.152. The minimum Gasteiger partial charge on any atom is -0.465 e. The Bertz CT molecular complexity index is 847. The zero-order valence-corrected chi connectivity index (χ0v) is 19.5. The fourth-order valence-electron chi connectivity index (χ4n) is 3.00. The van der Waals surface area contributed by atoms with Crippen LogP contribution in [0.2, 0.25) is 0 Å². The third-order valence-corrected chi connectivity index (χ3v) is 4.83. The lowest BCUT2D eigenvalue weighted by atomic mass is 9.95. The first-order valence-electron chi connectivity index (χ1n) is 10.9. The van der Waals surface area contributed by atoms with E-state index in [1.54, 1.807) is 24.3 Å². The predicted molar refractivity (Wildman–Crippen MR) is 122 cm³/mol. The summed E-state index contributed by atoms with van der Waals surface area (Å²) in [7, 11) is 0. The second kappa shape index (κ2) is 11.0. The lowest BCUT2D eigenvalue weighted by Crippen LogP contribution is -2.58. The van der Waals surface area contributed by atoms with Crippen LogP contribution in [0.3, 0.4) is 0 Å². The molecule has 1 fully saturated rings. The van der Waals surface area contributed by atoms with Crippen molar-refractivity contribution >= 4 is 35.1 Å². The Kier molecular flexibility index (Phi) is 8.63. The largest absolute Gasteiger partial charge is 0.465 e. The molecule has 1 saturated heterocycles. The van der Waals surface area contributed by atoms with Crippen molar-refractivity contribution in [2.75, 3.05) is 36.9 Å². The summed E-state index contributed by atoms with van der Waals surface area (Å²) >= 11 is 0. The monoisotopic (exact) mass is 446 g/mol. The molecule has 0 radical (unpaired) electrons. The number of carbonyl (C=O) groups excluding carboxylic acids is 4. The fourth-order valence-corrected chi connectivity index (χ4v) is 3.00. The van der Waals surface area contributed by atoms with Crippen LogP contribution in [0.1, 0.15) is 41.0 Å². The molecule has 9 heteroatoms. The van der Waals surface area contributed by atoms with Gasteiger partial charge in [0.2, 0.25) is 17.7 Å². The normalized spacial score (nSPS) is 16.4. The summed E-state index contributed by atoms with van der Waals surface area (Å²) in [5.74, 6) is -1.10. The van der Waals surface area contributed by atoms with Gasteiger partial charge < -0.3 is 25.6 Å². The molecule has 1 aromatic carbocycles. The average Bonchev–Trinajstić information content (AvgIpc) is 2.71. The maximum Gasteiger partial charge on any atom is 0.308 e. The molecule has 0 bridgehead atoms. The highest BCUT2D eigenvalue weighted by molar-refractivity contribution is 5.95. The van der Waals surface area contributed by atoms with E-state index in [0.29, 0.717) is 24.5 Å². The van der Waals surface area contributed by atoms with Crippen LogP contribution in [-0.4, -0.2) is 60.9 Å². The van der Waals surface area contributed by atoms with Crippen LogP contribution in [0.5, 0.6) is 0 Å². The Labute approximate surface area is 189 Å². The first-order chi connectivity index (χ1) is 15.0. The smallest absolute Gasteiger partial charge is 0.308 e. The maximum atomic E-state index is 12.8. The molecule has 176 valence electrons. The molecule has 1 heterocycles. The van der Waals surface area contributed by atoms with Crippen LogP contribution in [-0.2, 0) is 23.9 Å². The van der Waals surface area contributed by atoms with E-state index >= 15 is 0 Å². The molecule has 1 unspecified atom stereocenters. The van der Waals surface area contributed by atoms with Crippen LogP contribution in [0.15, 0.2) is 24.3 Å². The second-order valence-corrected chi connectivity index (χ2v) is 9.31. The fraction of sp³-hybridized carbons (Fsp3) is 0.565. The van der Waals surface area contributed by atoms with Crippen LogP contribution in [0.4, 0.5) is 11.4 Å². The number of nitrogens with one attached hydrogen (secondary N) is 3. The van der Waals surface area contributed by atoms with Crippen molar-refractivity contribution in [1.29, 1.82) is 0 Å². The maximum absolute atomic E-state index is 12.8. The SMILES string of the molecule is CC(C)COC(=O)CC1C(=O)NCCN1C(=O)CNc1cccc(NC(=O)C(C)(C)C)c1. The van der Waals surface area contributed by atoms with Crippen LogP contribution >= 0.6 is 0 Å². The quantitative estimate of drug-likeness (QED) is 0.526. The first kappa shape index (κ1) is 25.2. The Balaban J connectivity index is 1.98. The van der Waals surface area contributed by atoms with E-state index in [4.69, 9.17) is 4.74 Å². The molecule has 32 heavy (non-hydrogen) atoms. The third kappa shape index (κ3) is 7.55. The van der Waals surface area contributed by atoms with Gasteiger partial charge in [0, 0.05) is 29.9 Å². The molecular formula is C23H34N4O5. The standard InChI is InChI=1S/C23H34N4O5/c1-15(2)14-32-20(29)12-18-21(30)24-9-10-27(18)19(28)13-25-16-7-6-8-17(11-16)26-22(31)23(3,4)5/h6-8,11,15,18,25H,9-10,12-14H2,1-5H3,(H,24,30)(H,26,31). The van der Waals surface area contributed by atoms with E-state index in [1.807, 2.05) is 34.6 Å². The van der Waals surface area contributed by atoms with Gasteiger partial charge in [-0.2, -0.15) is 0 Å². The summed E-state index contributed by atoms with van der Waals surface area (Å²) in [6.07, 6.45) is -0.182. The first-order valence-corrected chi connectivity index (χ1v) is 10.9. The number of amides is 3. The zero-order valence-electron chi connectivity index (χ0n) is 19.5. The van der Waals surface area contributed by atoms with Crippen LogP contribution in [0.25, 0.3) is 0 Å². The van der Waals surface area contributed by atoms with Crippen molar-refractivity contribution in [3.05, 3.63) is 24.3 Å². The van der Waals surface area contributed by atoms with E-state index in [2.05, 4.69) is 16.0 Å². The van der Waals surface area contributed by atoms with Gasteiger partial charge in [0.1, 0.15) is 6.04 Å². The molecular weight excluding hydrogens is 412 g/mol. The van der Waals surface area contributed by atoms with E-state index in [1.165, 1.54) is 4.90 Å². The van der Waals surface area contributed by atoms with Gasteiger partial charge in [0.05, 0.1) is 19.6 Å². The predicted octanol–water partition coefficient (Wildman–Crippen LogP) is 2.00. The van der Waals surface area contributed by atoms with Crippen LogP contribution in [0, 0.1) is 11.3 Å². The van der Waals surface area contributed by atoms with E-state index in [9.17, 15) is 19.2 Å². The number of nitrogens with zero attached hydrogens (tertiary/aromatic N) is 1. The number of anilines is 2. The molecule has 3 N–H and O–H groups in total. The molecule has 0 aliphatic carbocycles. The molecule has 2 rings (SSSR count). The van der Waals surface area contributed by atoms with Gasteiger partial charge in [-0.1, -0.05) is 40.7 Å². The number of ether oxygens (including phenoxy) is 1. The van der Waals surface area contributed by atoms with Gasteiger partial charge in [-0.05, 0) is 24.1 Å². The van der Waals surface area contributed by atoms with Crippen LogP contribution < -0.4 is 16.0 Å². The Morgan fingerprint density at radius 1 is 1.22 bits per heavy atom. The van der Waals surface area contributed by atoms with Crippen molar-refractivity contribution in [2.45, 2.75) is 47.1 Å². The molecule has 1 aliphatic heterocycles. The Hall–Kier alpha value is -3.10. The van der Waals surface area contributed by atoms with Gasteiger partial charge in [-0.25, -0.2) is 0 Å². The lowest BCUT2D eigenvalue weighted by Gasteiger charge is -2.34. The minimum atomic E-state index is -0.893. The van der Waals surface area contributed by atoms with Crippen molar-refractivity contribution in [1.82, 2.24) is 10.2 Å². The number of hydrogen-bond acceptors (Lipinski definition) is 6. The number of esters is 1. The third-order valence-electron chi connectivity index (χ3n) is 4.83. The highest BCUT2D eigenvalue weighted by Gasteiger charge is 2.35. The average molecular weight is 447 g/mol. The van der Waals surface area contributed by atoms with Gasteiger partial charge in [-0.3, -0.25) is 19.2 Å². The van der Waals surface area contributed by atoms with E-state index in [0.717, 1.165) is 0 Å². The van der Waals surface area contributed by atoms with Gasteiger partial charge in [-0.15, -0.1) is 0 Å². The number of benzene rings is 1. The van der Waals surface area contributed by atoms with Crippen molar-refractivity contribution in [3.8, 4) is 0 Å². The van der Waals surface area contributed by atoms with Gasteiger partial charge >= 0.3 is 5.97 Å². The minimum absolute atomic E-state index is 0.0541. The molecule has 1 aliphatic rings. The summed E-state index contributed by atoms with van der Waals surface area (Å²) in [6.45, 7) is 10.2. The van der Waals surface area contributed by atoms with E-state index < -0.39 is 17.4 Å². The van der Waals surface area contributed by atoms with E-state index in [-0.39, 0.29) is 43.2 Å². The molecule has 1 atom stereocenters. The summed E-state index contributed by atoms with van der Waals surface area (Å²) in [6, 6.07) is 6.16. The van der Waals surface area contributed by atoms with Crippen molar-refractivity contribution < 1.29 is 23.9 Å². The summed E-state index contributed by atoms with van der Waals surface area (Å²) in [5, 5.41) is 8.58. The highest BCUT2D eigenvalue weighted by Crippen LogP contribution is 2.20. The van der Waals surface area contributed by atoms with Crippen molar-refractivity contribution in [2.24, 2.45) is 11.3 Å². The summed E-state index contributed by atoms with van der Waals surface area (Å²) in [4.78, 5) is 50.9. The summed E-state index contributed by atoms with van der Waals surface area (Å²) in [5.41, 5.74) is 0.740. The molecule has 0 aromatic heterocycles. The van der Waals surface area contributed by atoms with Gasteiger partial charge in [0.25, 0.3) is 0 Å². The molecule has 0 spiro atoms. The molecule has 3 amide bonds. The van der Waals surface area contributed by atoms with Gasteiger partial charge in [0.15, 0.2) is 0 Å². The molecule has 9 nitrogen and oxygen atoms in total. The second-order valence-electron chi connectivity index (χ2n) is 9.31. The van der Waals surface area contributed by atoms with Crippen molar-refractivity contribution in [3.63, 3.8) is 0 Å². The summed E-state index contributed by atoms with van der Waals surface area (Å²) < 4.78 is 5.17. The molecule has 0 saturated carbocycles. The highest BCUT2D eigenvalue weighted by atomic mass is 16.5. The number of rotatable bonds is 8. The molecule has 1 aromatic rings. The Morgan fingerprint density at radius 2 is 1.91 bits per heavy atom. The topological polar surface area (TPSA) is 117 Å². The zero-order chi connectivity index (χ0) is 23.9.